The molecule has 0 spiro atoms. The average molecular weight is 320 g/mol. The van der Waals surface area contributed by atoms with Gasteiger partial charge in [0.05, 0.1) is 17.9 Å². The van der Waals surface area contributed by atoms with Gasteiger partial charge in [-0.15, -0.1) is 0 Å². The molecule has 2 aromatic carbocycles. The first kappa shape index (κ1) is 14.8. The molecule has 0 fully saturated rings. The number of para-hydroxylation sites is 2. The number of benzene rings is 2. The van der Waals surface area contributed by atoms with Gasteiger partial charge in [-0.05, 0) is 24.1 Å². The summed E-state index contributed by atoms with van der Waals surface area (Å²) < 4.78 is 5.47. The van der Waals surface area contributed by atoms with Gasteiger partial charge in [-0.25, -0.2) is 0 Å². The minimum Gasteiger partial charge on any atom is -0.383 e. The first-order chi connectivity index (χ1) is 11.9. The topological polar surface area (TPSA) is 54.2 Å². The minimum absolute atomic E-state index is 0.639. The molecule has 0 radical (unpaired) electrons. The van der Waals surface area contributed by atoms with Crippen LogP contribution in [0.25, 0.3) is 0 Å². The van der Waals surface area contributed by atoms with Gasteiger partial charge in [0.25, 0.3) is 0 Å². The third-order valence-corrected chi connectivity index (χ3v) is 4.21. The van der Waals surface area contributed by atoms with E-state index in [1.165, 1.54) is 16.9 Å². The highest BCUT2D eigenvalue weighted by Gasteiger charge is 2.17. The maximum absolute atomic E-state index is 5.47. The van der Waals surface area contributed by atoms with E-state index in [1.807, 2.05) is 18.2 Å². The first-order valence-corrected chi connectivity index (χ1v) is 8.32. The van der Waals surface area contributed by atoms with Crippen molar-refractivity contribution in [3.8, 4) is 0 Å². The zero-order valence-corrected chi connectivity index (χ0v) is 13.5. The van der Waals surface area contributed by atoms with Gasteiger partial charge in [0, 0.05) is 19.5 Å². The summed E-state index contributed by atoms with van der Waals surface area (Å²) in [6.45, 7) is 2.59. The van der Waals surface area contributed by atoms with Gasteiger partial charge in [-0.2, -0.15) is 4.98 Å². The molecule has 5 nitrogen and oxygen atoms in total. The zero-order chi connectivity index (χ0) is 16.2. The van der Waals surface area contributed by atoms with Crippen LogP contribution in [-0.2, 0) is 13.0 Å². The SMILES string of the molecule is c1ccc(Cc2noc(CN3CCCNc4ccccc43)n2)cc1. The van der Waals surface area contributed by atoms with Crippen LogP contribution >= 0.6 is 0 Å². The van der Waals surface area contributed by atoms with Crippen molar-refractivity contribution in [3.05, 3.63) is 71.9 Å². The molecule has 24 heavy (non-hydrogen) atoms. The number of hydrogen-bond donors (Lipinski definition) is 1. The highest BCUT2D eigenvalue weighted by atomic mass is 16.5. The molecule has 4 rings (SSSR count). The van der Waals surface area contributed by atoms with E-state index in [1.54, 1.807) is 0 Å². The standard InChI is InChI=1S/C19H20N4O/c1-2-7-15(8-3-1)13-18-21-19(24-22-18)14-23-12-6-11-20-16-9-4-5-10-17(16)23/h1-5,7-10,20H,6,11-14H2. The van der Waals surface area contributed by atoms with E-state index < -0.39 is 0 Å². The molecule has 3 aromatic rings. The minimum atomic E-state index is 0.639. The predicted octanol–water partition coefficient (Wildman–Crippen LogP) is 3.48. The molecule has 0 bridgehead atoms. The molecule has 0 aliphatic carbocycles. The van der Waals surface area contributed by atoms with Crippen molar-refractivity contribution >= 4 is 11.4 Å². The first-order valence-electron chi connectivity index (χ1n) is 8.32. The molecular formula is C19H20N4O. The Hall–Kier alpha value is -2.82. The van der Waals surface area contributed by atoms with Gasteiger partial charge in [0.15, 0.2) is 5.82 Å². The second kappa shape index (κ2) is 6.74. The average Bonchev–Trinajstić information content (AvgIpc) is 2.95. The molecule has 2 heterocycles. The number of fused-ring (bicyclic) bond motifs is 1. The van der Waals surface area contributed by atoms with Crippen molar-refractivity contribution in [1.82, 2.24) is 10.1 Å². The lowest BCUT2D eigenvalue weighted by atomic mass is 10.1. The number of nitrogens with one attached hydrogen (secondary N) is 1. The zero-order valence-electron chi connectivity index (χ0n) is 13.5. The number of aromatic nitrogens is 2. The van der Waals surface area contributed by atoms with Gasteiger partial charge >= 0.3 is 0 Å². The van der Waals surface area contributed by atoms with Crippen molar-refractivity contribution in [2.45, 2.75) is 19.4 Å². The quantitative estimate of drug-likeness (QED) is 0.797. The molecule has 1 aliphatic heterocycles. The molecule has 5 heteroatoms. The molecule has 1 N–H and O–H groups in total. The fraction of sp³-hybridized carbons (Fsp3) is 0.263. The van der Waals surface area contributed by atoms with E-state index in [0.29, 0.717) is 18.9 Å². The summed E-state index contributed by atoms with van der Waals surface area (Å²) >= 11 is 0. The van der Waals surface area contributed by atoms with E-state index in [9.17, 15) is 0 Å². The Morgan fingerprint density at radius 3 is 2.79 bits per heavy atom. The summed E-state index contributed by atoms with van der Waals surface area (Å²) in [5, 5.41) is 7.60. The Labute approximate surface area is 141 Å². The van der Waals surface area contributed by atoms with E-state index in [2.05, 4.69) is 56.8 Å². The van der Waals surface area contributed by atoms with Gasteiger partial charge in [-0.1, -0.05) is 47.6 Å². The second-order valence-corrected chi connectivity index (χ2v) is 5.99. The largest absolute Gasteiger partial charge is 0.383 e. The Balaban J connectivity index is 1.50. The molecule has 0 saturated heterocycles. The highest BCUT2D eigenvalue weighted by Crippen LogP contribution is 2.29. The summed E-state index contributed by atoms with van der Waals surface area (Å²) in [6.07, 6.45) is 1.78. The van der Waals surface area contributed by atoms with Crippen LogP contribution < -0.4 is 10.2 Å². The fourth-order valence-corrected chi connectivity index (χ4v) is 3.04. The summed E-state index contributed by atoms with van der Waals surface area (Å²) in [5.41, 5.74) is 3.55. The van der Waals surface area contributed by atoms with Crippen LogP contribution in [0.15, 0.2) is 59.1 Å². The van der Waals surface area contributed by atoms with Crippen LogP contribution in [0.2, 0.25) is 0 Å². The van der Waals surface area contributed by atoms with E-state index in [-0.39, 0.29) is 0 Å². The van der Waals surface area contributed by atoms with E-state index >= 15 is 0 Å². The number of nitrogens with zero attached hydrogens (tertiary/aromatic N) is 3. The fourth-order valence-electron chi connectivity index (χ4n) is 3.04. The molecule has 0 amide bonds. The Morgan fingerprint density at radius 1 is 1.04 bits per heavy atom. The summed E-state index contributed by atoms with van der Waals surface area (Å²) in [7, 11) is 0. The monoisotopic (exact) mass is 320 g/mol. The lowest BCUT2D eigenvalue weighted by Crippen LogP contribution is -2.23. The number of rotatable bonds is 4. The highest BCUT2D eigenvalue weighted by molar-refractivity contribution is 5.70. The van der Waals surface area contributed by atoms with Crippen molar-refractivity contribution in [3.63, 3.8) is 0 Å². The van der Waals surface area contributed by atoms with E-state index in [0.717, 1.165) is 25.3 Å². The smallest absolute Gasteiger partial charge is 0.246 e. The Morgan fingerprint density at radius 2 is 1.88 bits per heavy atom. The van der Waals surface area contributed by atoms with Crippen LogP contribution in [-0.4, -0.2) is 23.2 Å². The van der Waals surface area contributed by atoms with Crippen LogP contribution in [0, 0.1) is 0 Å². The molecule has 0 atom stereocenters. The molecule has 0 saturated carbocycles. The van der Waals surface area contributed by atoms with Crippen LogP contribution in [0.5, 0.6) is 0 Å². The third kappa shape index (κ3) is 3.25. The predicted molar refractivity (Wildman–Crippen MR) is 94.1 cm³/mol. The molecule has 0 unspecified atom stereocenters. The van der Waals surface area contributed by atoms with Crippen molar-refractivity contribution in [2.24, 2.45) is 0 Å². The maximum Gasteiger partial charge on any atom is 0.246 e. The lowest BCUT2D eigenvalue weighted by Gasteiger charge is -2.22. The maximum atomic E-state index is 5.47. The van der Waals surface area contributed by atoms with Gasteiger partial charge in [-0.3, -0.25) is 0 Å². The lowest BCUT2D eigenvalue weighted by molar-refractivity contribution is 0.371. The van der Waals surface area contributed by atoms with Crippen LogP contribution in [0.1, 0.15) is 23.7 Å². The van der Waals surface area contributed by atoms with Crippen molar-refractivity contribution in [2.75, 3.05) is 23.3 Å². The van der Waals surface area contributed by atoms with Crippen molar-refractivity contribution < 1.29 is 4.52 Å². The normalized spacial score (nSPS) is 13.9. The van der Waals surface area contributed by atoms with Gasteiger partial charge in [0.1, 0.15) is 0 Å². The number of hydrogen-bond acceptors (Lipinski definition) is 5. The van der Waals surface area contributed by atoms with Crippen molar-refractivity contribution in [1.29, 1.82) is 0 Å². The summed E-state index contributed by atoms with van der Waals surface area (Å²) in [6, 6.07) is 18.6. The molecule has 1 aliphatic rings. The Kier molecular flexibility index (Phi) is 4.14. The van der Waals surface area contributed by atoms with Gasteiger partial charge in [0.2, 0.25) is 5.89 Å². The third-order valence-electron chi connectivity index (χ3n) is 4.21. The molecule has 122 valence electrons. The molecule has 1 aromatic heterocycles. The molecular weight excluding hydrogens is 300 g/mol. The summed E-state index contributed by atoms with van der Waals surface area (Å²) in [4.78, 5) is 6.86. The van der Waals surface area contributed by atoms with Gasteiger partial charge < -0.3 is 14.7 Å². The Bertz CT molecular complexity index is 800. The van der Waals surface area contributed by atoms with Crippen LogP contribution in [0.4, 0.5) is 11.4 Å². The van der Waals surface area contributed by atoms with E-state index in [4.69, 9.17) is 4.52 Å². The summed E-state index contributed by atoms with van der Waals surface area (Å²) in [5.74, 6) is 1.40. The van der Waals surface area contributed by atoms with Crippen LogP contribution in [0.3, 0.4) is 0 Å². The second-order valence-electron chi connectivity index (χ2n) is 5.99. The number of anilines is 2.